The Kier molecular flexibility index (Phi) is 4.14. The summed E-state index contributed by atoms with van der Waals surface area (Å²) in [5, 5.41) is 15.6. The number of fused-ring (bicyclic) bond motifs is 1. The number of rotatable bonds is 4. The van der Waals surface area contributed by atoms with Crippen LogP contribution in [0.2, 0.25) is 0 Å². The first kappa shape index (κ1) is 15.4. The maximum atomic E-state index is 12.8. The number of hydrogen-bond acceptors (Lipinski definition) is 3. The largest absolute Gasteiger partial charge is 0.384 e. The van der Waals surface area contributed by atoms with Crippen LogP contribution in [0.1, 0.15) is 25.5 Å². The lowest BCUT2D eigenvalue weighted by molar-refractivity contribution is -0.127. The molecule has 0 saturated carbocycles. The summed E-state index contributed by atoms with van der Waals surface area (Å²) in [6, 6.07) is 8.06. The molecular weight excluding hydrogens is 288 g/mol. The maximum Gasteiger partial charge on any atom is 0.266 e. The van der Waals surface area contributed by atoms with E-state index in [1.807, 2.05) is 35.9 Å². The normalized spacial score (nSPS) is 19.1. The number of nitrogens with zero attached hydrogens (tertiary/aromatic N) is 3. The highest BCUT2D eigenvalue weighted by molar-refractivity contribution is 5.81. The number of benzene rings is 1. The molecule has 1 saturated heterocycles. The Labute approximate surface area is 128 Å². The van der Waals surface area contributed by atoms with Gasteiger partial charge in [-0.25, -0.2) is 8.78 Å². The number of aromatic nitrogens is 2. The smallest absolute Gasteiger partial charge is 0.266 e. The van der Waals surface area contributed by atoms with Crippen LogP contribution in [-0.2, 0) is 13.1 Å². The Hall–Kier alpha value is -1.53. The first-order valence-corrected chi connectivity index (χ1v) is 7.71. The van der Waals surface area contributed by atoms with Gasteiger partial charge in [-0.15, -0.1) is 0 Å². The summed E-state index contributed by atoms with van der Waals surface area (Å²) in [5.41, 5.74) is 0.252. The van der Waals surface area contributed by atoms with Crippen molar-refractivity contribution in [3.63, 3.8) is 0 Å². The third kappa shape index (κ3) is 2.73. The van der Waals surface area contributed by atoms with E-state index < -0.39 is 12.0 Å². The van der Waals surface area contributed by atoms with E-state index >= 15 is 0 Å². The molecule has 22 heavy (non-hydrogen) atoms. The SMILES string of the molecule is CCn1nc(CN2CCC(O)(C(F)F)CC2)c2ccccc21. The number of piperidine rings is 1. The molecule has 2 heterocycles. The van der Waals surface area contributed by atoms with E-state index in [-0.39, 0.29) is 12.8 Å². The quantitative estimate of drug-likeness (QED) is 0.944. The first-order chi connectivity index (χ1) is 10.5. The summed E-state index contributed by atoms with van der Waals surface area (Å²) in [6.45, 7) is 4.41. The van der Waals surface area contributed by atoms with Crippen LogP contribution >= 0.6 is 0 Å². The van der Waals surface area contributed by atoms with Crippen LogP contribution in [0.5, 0.6) is 0 Å². The van der Waals surface area contributed by atoms with Crippen LogP contribution in [0.15, 0.2) is 24.3 Å². The predicted molar refractivity (Wildman–Crippen MR) is 80.9 cm³/mol. The summed E-state index contributed by atoms with van der Waals surface area (Å²) < 4.78 is 27.6. The van der Waals surface area contributed by atoms with E-state index in [2.05, 4.69) is 10.00 Å². The van der Waals surface area contributed by atoms with Crippen molar-refractivity contribution in [2.24, 2.45) is 0 Å². The summed E-state index contributed by atoms with van der Waals surface area (Å²) in [4.78, 5) is 2.09. The molecule has 1 fully saturated rings. The van der Waals surface area contributed by atoms with E-state index in [1.54, 1.807) is 0 Å². The molecule has 1 aromatic carbocycles. The van der Waals surface area contributed by atoms with Crippen molar-refractivity contribution in [1.82, 2.24) is 14.7 Å². The predicted octanol–water partition coefficient (Wildman–Crippen LogP) is 2.65. The highest BCUT2D eigenvalue weighted by Gasteiger charge is 2.40. The zero-order chi connectivity index (χ0) is 15.7. The third-order valence-corrected chi connectivity index (χ3v) is 4.54. The zero-order valence-corrected chi connectivity index (χ0v) is 12.7. The molecule has 0 radical (unpaired) electrons. The second kappa shape index (κ2) is 5.93. The van der Waals surface area contributed by atoms with Gasteiger partial charge in [0.05, 0.1) is 11.2 Å². The molecule has 6 heteroatoms. The highest BCUT2D eigenvalue weighted by Crippen LogP contribution is 2.29. The van der Waals surface area contributed by atoms with Crippen LogP contribution in [0.3, 0.4) is 0 Å². The topological polar surface area (TPSA) is 41.3 Å². The Bertz CT molecular complexity index is 648. The fraction of sp³-hybridized carbons (Fsp3) is 0.562. The van der Waals surface area contributed by atoms with Crippen LogP contribution in [0.4, 0.5) is 8.78 Å². The molecule has 1 aliphatic heterocycles. The van der Waals surface area contributed by atoms with Gasteiger partial charge in [0.2, 0.25) is 0 Å². The molecule has 2 aromatic rings. The summed E-state index contributed by atoms with van der Waals surface area (Å²) in [6.07, 6.45) is -2.46. The Morgan fingerprint density at radius 1 is 1.27 bits per heavy atom. The van der Waals surface area contributed by atoms with Gasteiger partial charge in [0.15, 0.2) is 0 Å². The van der Waals surface area contributed by atoms with Crippen molar-refractivity contribution in [3.05, 3.63) is 30.0 Å². The van der Waals surface area contributed by atoms with Gasteiger partial charge >= 0.3 is 0 Å². The van der Waals surface area contributed by atoms with Crippen LogP contribution in [-0.4, -0.2) is 44.9 Å². The molecule has 0 amide bonds. The minimum atomic E-state index is -2.67. The number of halogens is 2. The van der Waals surface area contributed by atoms with Crippen molar-refractivity contribution in [1.29, 1.82) is 0 Å². The fourth-order valence-electron chi connectivity index (χ4n) is 3.08. The van der Waals surface area contributed by atoms with E-state index in [9.17, 15) is 13.9 Å². The molecule has 0 aliphatic carbocycles. The molecule has 0 spiro atoms. The zero-order valence-electron chi connectivity index (χ0n) is 12.7. The summed E-state index contributed by atoms with van der Waals surface area (Å²) >= 11 is 0. The second-order valence-corrected chi connectivity index (χ2v) is 5.96. The van der Waals surface area contributed by atoms with Crippen LogP contribution < -0.4 is 0 Å². The van der Waals surface area contributed by atoms with Gasteiger partial charge in [-0.2, -0.15) is 5.10 Å². The molecule has 0 unspecified atom stereocenters. The molecule has 4 nitrogen and oxygen atoms in total. The van der Waals surface area contributed by atoms with Crippen molar-refractivity contribution >= 4 is 10.9 Å². The molecule has 1 aromatic heterocycles. The van der Waals surface area contributed by atoms with Gasteiger partial charge in [-0.3, -0.25) is 9.58 Å². The lowest BCUT2D eigenvalue weighted by Crippen LogP contribution is -2.48. The molecule has 1 N–H and O–H groups in total. The number of hydrogen-bond donors (Lipinski definition) is 1. The number of likely N-dealkylation sites (tertiary alicyclic amines) is 1. The molecular formula is C16H21F2N3O. The minimum absolute atomic E-state index is 0.108. The Morgan fingerprint density at radius 3 is 2.59 bits per heavy atom. The van der Waals surface area contributed by atoms with Crippen molar-refractivity contribution in [2.75, 3.05) is 13.1 Å². The fourth-order valence-corrected chi connectivity index (χ4v) is 3.08. The van der Waals surface area contributed by atoms with Crippen LogP contribution in [0.25, 0.3) is 10.9 Å². The first-order valence-electron chi connectivity index (χ1n) is 7.71. The molecule has 0 bridgehead atoms. The van der Waals surface area contributed by atoms with Gasteiger partial charge in [0.25, 0.3) is 6.43 Å². The van der Waals surface area contributed by atoms with Gasteiger partial charge in [-0.05, 0) is 25.8 Å². The van der Waals surface area contributed by atoms with Crippen molar-refractivity contribution in [3.8, 4) is 0 Å². The Morgan fingerprint density at radius 2 is 1.95 bits per heavy atom. The maximum absolute atomic E-state index is 12.8. The molecule has 0 atom stereocenters. The van der Waals surface area contributed by atoms with E-state index in [0.29, 0.717) is 19.6 Å². The van der Waals surface area contributed by atoms with Crippen molar-refractivity contribution in [2.45, 2.75) is 44.9 Å². The van der Waals surface area contributed by atoms with Crippen LogP contribution in [0, 0.1) is 0 Å². The van der Waals surface area contributed by atoms with Gasteiger partial charge < -0.3 is 5.11 Å². The second-order valence-electron chi connectivity index (χ2n) is 5.96. The molecule has 120 valence electrons. The standard InChI is InChI=1S/C16H21F2N3O/c1-2-21-14-6-4-3-5-12(14)13(19-21)11-20-9-7-16(22,8-10-20)15(17)18/h3-6,15,22H,2,7-11H2,1H3. The molecule has 3 rings (SSSR count). The Balaban J connectivity index is 1.75. The van der Waals surface area contributed by atoms with Gasteiger partial charge in [0, 0.05) is 31.6 Å². The summed E-state index contributed by atoms with van der Waals surface area (Å²) in [7, 11) is 0. The molecule has 1 aliphatic rings. The van der Waals surface area contributed by atoms with E-state index in [4.69, 9.17) is 0 Å². The average molecular weight is 309 g/mol. The lowest BCUT2D eigenvalue weighted by atomic mass is 9.92. The number of aliphatic hydroxyl groups is 1. The summed E-state index contributed by atoms with van der Waals surface area (Å²) in [5.74, 6) is 0. The highest BCUT2D eigenvalue weighted by atomic mass is 19.3. The lowest BCUT2D eigenvalue weighted by Gasteiger charge is -2.37. The third-order valence-electron chi connectivity index (χ3n) is 4.54. The van der Waals surface area contributed by atoms with Crippen molar-refractivity contribution < 1.29 is 13.9 Å². The van der Waals surface area contributed by atoms with E-state index in [0.717, 1.165) is 23.1 Å². The average Bonchev–Trinajstić information content (AvgIpc) is 2.88. The van der Waals surface area contributed by atoms with Gasteiger partial charge in [-0.1, -0.05) is 18.2 Å². The monoisotopic (exact) mass is 309 g/mol. The number of alkyl halides is 2. The van der Waals surface area contributed by atoms with Gasteiger partial charge in [0.1, 0.15) is 5.60 Å². The van der Waals surface area contributed by atoms with E-state index in [1.165, 1.54) is 0 Å². The minimum Gasteiger partial charge on any atom is -0.384 e. The number of aryl methyl sites for hydroxylation is 1. The number of para-hydroxylation sites is 1.